The van der Waals surface area contributed by atoms with Gasteiger partial charge in [-0.1, -0.05) is 34.6 Å². The Balaban J connectivity index is 0.00000456. The van der Waals surface area contributed by atoms with Gasteiger partial charge in [0.1, 0.15) is 12.3 Å². The zero-order valence-corrected chi connectivity index (χ0v) is 22.8. The van der Waals surface area contributed by atoms with Gasteiger partial charge in [-0.05, 0) is 48.9 Å². The second-order valence-corrected chi connectivity index (χ2v) is 9.78. The van der Waals surface area contributed by atoms with E-state index in [1.807, 2.05) is 25.1 Å². The Morgan fingerprint density at radius 2 is 1.83 bits per heavy atom. The first-order valence-corrected chi connectivity index (χ1v) is 12.2. The second kappa shape index (κ2) is 12.4. The average Bonchev–Trinajstić information content (AvgIpc) is 3.12. The smallest absolute Gasteiger partial charge is 0.242 e. The number of halogens is 1. The molecule has 198 valence electrons. The first-order valence-electron chi connectivity index (χ1n) is 12.2. The Hall–Kier alpha value is -2.91. The van der Waals surface area contributed by atoms with Crippen molar-refractivity contribution in [2.24, 2.45) is 0 Å². The Bertz CT molecular complexity index is 1240. The van der Waals surface area contributed by atoms with Gasteiger partial charge >= 0.3 is 0 Å². The minimum absolute atomic E-state index is 0. The summed E-state index contributed by atoms with van der Waals surface area (Å²) in [5.74, 6) is 0.841. The van der Waals surface area contributed by atoms with Crippen LogP contribution >= 0.6 is 12.4 Å². The van der Waals surface area contributed by atoms with E-state index in [0.717, 1.165) is 24.0 Å². The van der Waals surface area contributed by atoms with Crippen molar-refractivity contribution >= 4 is 23.8 Å². The number of carbonyl (C=O) groups excluding carboxylic acids is 1. The number of aromatic nitrogens is 4. The second-order valence-electron chi connectivity index (χ2n) is 9.78. The summed E-state index contributed by atoms with van der Waals surface area (Å²) in [5.41, 5.74) is 2.59. The van der Waals surface area contributed by atoms with Gasteiger partial charge in [0.05, 0.1) is 12.7 Å². The van der Waals surface area contributed by atoms with Crippen LogP contribution < -0.4 is 15.1 Å². The van der Waals surface area contributed by atoms with Crippen LogP contribution in [-0.4, -0.2) is 49.6 Å². The van der Waals surface area contributed by atoms with Crippen LogP contribution in [0.2, 0.25) is 0 Å². The Kier molecular flexibility index (Phi) is 10.1. The van der Waals surface area contributed by atoms with Crippen LogP contribution in [0.15, 0.2) is 24.3 Å². The van der Waals surface area contributed by atoms with Gasteiger partial charge in [-0.25, -0.2) is 4.68 Å². The van der Waals surface area contributed by atoms with Gasteiger partial charge < -0.3 is 14.6 Å². The SMILES string of the molecule is CCC(CC)Oc1cc(C)c2nn(CC(=O)c3cc(OCCCO)cc(C(C)(C)C)c3)c(=N)n2n1.Cl. The van der Waals surface area contributed by atoms with E-state index in [-0.39, 0.29) is 48.5 Å². The van der Waals surface area contributed by atoms with Gasteiger partial charge in [0, 0.05) is 30.2 Å². The first kappa shape index (κ1) is 29.3. The lowest BCUT2D eigenvalue weighted by Gasteiger charge is -2.21. The Morgan fingerprint density at radius 3 is 2.44 bits per heavy atom. The lowest BCUT2D eigenvalue weighted by Crippen LogP contribution is -2.27. The maximum atomic E-state index is 13.3. The topological polar surface area (TPSA) is 115 Å². The van der Waals surface area contributed by atoms with Crippen molar-refractivity contribution in [3.63, 3.8) is 0 Å². The van der Waals surface area contributed by atoms with Gasteiger partial charge in [0.25, 0.3) is 0 Å². The van der Waals surface area contributed by atoms with Crippen LogP contribution in [0, 0.1) is 12.3 Å². The van der Waals surface area contributed by atoms with E-state index in [1.165, 1.54) is 9.20 Å². The largest absolute Gasteiger partial charge is 0.493 e. The molecule has 0 spiro atoms. The van der Waals surface area contributed by atoms with Crippen LogP contribution in [0.3, 0.4) is 0 Å². The number of Topliss-reactive ketones (excluding diaryl/α,β-unsaturated/α-hetero) is 1. The van der Waals surface area contributed by atoms with Crippen LogP contribution in [0.25, 0.3) is 5.65 Å². The van der Waals surface area contributed by atoms with Gasteiger partial charge in [-0.15, -0.1) is 22.6 Å². The molecule has 2 N–H and O–H groups in total. The molecule has 0 bridgehead atoms. The third-order valence-electron chi connectivity index (χ3n) is 5.91. The normalized spacial score (nSPS) is 11.6. The van der Waals surface area contributed by atoms with Crippen LogP contribution in [0.4, 0.5) is 0 Å². The predicted octanol–water partition coefficient (Wildman–Crippen LogP) is 4.25. The maximum absolute atomic E-state index is 13.3. The third kappa shape index (κ3) is 6.85. The lowest BCUT2D eigenvalue weighted by molar-refractivity contribution is 0.0964. The molecular weight excluding hydrogens is 482 g/mol. The molecule has 0 fully saturated rings. The minimum Gasteiger partial charge on any atom is -0.493 e. The monoisotopic (exact) mass is 519 g/mol. The zero-order chi connectivity index (χ0) is 25.8. The quantitative estimate of drug-likeness (QED) is 0.289. The maximum Gasteiger partial charge on any atom is 0.242 e. The molecule has 36 heavy (non-hydrogen) atoms. The number of ketones is 1. The summed E-state index contributed by atoms with van der Waals surface area (Å²) in [4.78, 5) is 13.3. The summed E-state index contributed by atoms with van der Waals surface area (Å²) in [6, 6.07) is 7.32. The van der Waals surface area contributed by atoms with Crippen molar-refractivity contribution in [3.05, 3.63) is 46.6 Å². The fourth-order valence-electron chi connectivity index (χ4n) is 3.68. The van der Waals surface area contributed by atoms with E-state index in [2.05, 4.69) is 44.8 Å². The number of nitrogens with one attached hydrogen (secondary N) is 1. The van der Waals surface area contributed by atoms with E-state index in [4.69, 9.17) is 20.0 Å². The summed E-state index contributed by atoms with van der Waals surface area (Å²) in [5, 5.41) is 26.6. The molecule has 3 aromatic rings. The van der Waals surface area contributed by atoms with Crippen molar-refractivity contribution in [2.45, 2.75) is 78.9 Å². The molecule has 3 rings (SSSR count). The van der Waals surface area contributed by atoms with E-state index in [9.17, 15) is 4.79 Å². The predicted molar refractivity (Wildman–Crippen MR) is 140 cm³/mol. The molecule has 0 radical (unpaired) electrons. The van der Waals surface area contributed by atoms with E-state index in [1.54, 1.807) is 6.07 Å². The summed E-state index contributed by atoms with van der Waals surface area (Å²) >= 11 is 0. The highest BCUT2D eigenvalue weighted by molar-refractivity contribution is 5.96. The summed E-state index contributed by atoms with van der Waals surface area (Å²) in [7, 11) is 0. The molecule has 1 aromatic carbocycles. The number of aliphatic hydroxyl groups excluding tert-OH is 1. The number of rotatable bonds is 11. The highest BCUT2D eigenvalue weighted by Crippen LogP contribution is 2.28. The molecule has 0 aliphatic rings. The van der Waals surface area contributed by atoms with Crippen molar-refractivity contribution < 1.29 is 19.4 Å². The molecular formula is C26H38ClN5O4. The molecule has 0 unspecified atom stereocenters. The van der Waals surface area contributed by atoms with Gasteiger partial charge in [-0.2, -0.15) is 4.52 Å². The lowest BCUT2D eigenvalue weighted by atomic mass is 9.85. The highest BCUT2D eigenvalue weighted by Gasteiger charge is 2.20. The van der Waals surface area contributed by atoms with Crippen LogP contribution in [-0.2, 0) is 12.0 Å². The first-order chi connectivity index (χ1) is 16.6. The number of nitrogens with zero attached hydrogens (tertiary/aromatic N) is 4. The number of benzene rings is 1. The van der Waals surface area contributed by atoms with E-state index >= 15 is 0 Å². The zero-order valence-electron chi connectivity index (χ0n) is 22.0. The van der Waals surface area contributed by atoms with Crippen molar-refractivity contribution in [1.29, 1.82) is 5.41 Å². The number of aryl methyl sites for hydroxylation is 1. The number of carbonyl (C=O) groups is 1. The number of hydrogen-bond acceptors (Lipinski definition) is 7. The Morgan fingerprint density at radius 1 is 1.14 bits per heavy atom. The van der Waals surface area contributed by atoms with Crippen LogP contribution in [0.1, 0.15) is 75.4 Å². The molecule has 0 amide bonds. The standard InChI is InChI=1S/C26H37N5O4.ClH/c1-7-20(8-2)35-23-12-17(3)24-29-30(25(27)31(24)28-23)16-22(33)18-13-19(26(4,5)6)15-21(14-18)34-11-9-10-32;/h12-15,20,27,32H,7-11,16H2,1-6H3;1H. The van der Waals surface area contributed by atoms with Crippen molar-refractivity contribution in [1.82, 2.24) is 19.4 Å². The molecule has 9 nitrogen and oxygen atoms in total. The molecule has 0 saturated heterocycles. The van der Waals surface area contributed by atoms with Crippen molar-refractivity contribution in [3.8, 4) is 11.6 Å². The van der Waals surface area contributed by atoms with Crippen LogP contribution in [0.5, 0.6) is 11.6 Å². The fraction of sp³-hybridized carbons (Fsp3) is 0.538. The average molecular weight is 520 g/mol. The van der Waals surface area contributed by atoms with E-state index in [0.29, 0.717) is 35.9 Å². The highest BCUT2D eigenvalue weighted by atomic mass is 35.5. The van der Waals surface area contributed by atoms with Gasteiger partial charge in [0.15, 0.2) is 11.4 Å². The summed E-state index contributed by atoms with van der Waals surface area (Å²) in [6.07, 6.45) is 2.29. The van der Waals surface area contributed by atoms with Crippen molar-refractivity contribution in [2.75, 3.05) is 13.2 Å². The summed E-state index contributed by atoms with van der Waals surface area (Å²) < 4.78 is 14.5. The van der Waals surface area contributed by atoms with Gasteiger partial charge in [-0.3, -0.25) is 10.2 Å². The molecule has 0 atom stereocenters. The Labute approximate surface area is 218 Å². The summed E-state index contributed by atoms with van der Waals surface area (Å²) in [6.45, 7) is 12.5. The number of ether oxygens (including phenoxy) is 2. The van der Waals surface area contributed by atoms with E-state index < -0.39 is 0 Å². The molecule has 0 aliphatic carbocycles. The molecule has 2 heterocycles. The molecule has 0 aliphatic heterocycles. The number of hydrogen-bond donors (Lipinski definition) is 2. The molecule has 10 heteroatoms. The molecule has 2 aromatic heterocycles. The minimum atomic E-state index is -0.186. The fourth-order valence-corrected chi connectivity index (χ4v) is 3.68. The molecule has 0 saturated carbocycles. The van der Waals surface area contributed by atoms with Gasteiger partial charge in [0.2, 0.25) is 11.5 Å². The number of aliphatic hydroxyl groups is 1. The third-order valence-corrected chi connectivity index (χ3v) is 5.91. The number of fused-ring (bicyclic) bond motifs is 1.